The van der Waals surface area contributed by atoms with Gasteiger partial charge in [-0.15, -0.1) is 11.3 Å². The SMILES string of the molecule is CC(C)(C)c1ccc2c(c1)C1(c3cc(C(C)(C)C)ccc3-2)c2ccccc2-c2c(N(c3ccc(-c4ccc5cc(-c6ccc7ccccc7c6)ccc5c4)cc3)c3ccc4sc5ccccc5c4c3)cccc21. The predicted molar refractivity (Wildman–Crippen MR) is 314 cm³/mol. The molecule has 11 aromatic carbocycles. The number of thiophene rings is 1. The molecule has 0 atom stereocenters. The van der Waals surface area contributed by atoms with Gasteiger partial charge in [0.25, 0.3) is 0 Å². The number of benzene rings is 11. The van der Waals surface area contributed by atoms with Crippen LogP contribution < -0.4 is 4.90 Å². The molecular weight excluding hydrogens is 899 g/mol. The van der Waals surface area contributed by atoms with E-state index in [-0.39, 0.29) is 10.8 Å². The van der Waals surface area contributed by atoms with Crippen molar-refractivity contribution in [3.8, 4) is 44.5 Å². The lowest BCUT2D eigenvalue weighted by Gasteiger charge is -2.33. The minimum atomic E-state index is -0.509. The lowest BCUT2D eigenvalue weighted by Crippen LogP contribution is -2.27. The Morgan fingerprint density at radius 2 is 0.863 bits per heavy atom. The average molecular weight is 954 g/mol. The monoisotopic (exact) mass is 953 g/mol. The lowest BCUT2D eigenvalue weighted by atomic mass is 9.69. The van der Waals surface area contributed by atoms with E-state index in [0.29, 0.717) is 0 Å². The van der Waals surface area contributed by atoms with Gasteiger partial charge in [0.2, 0.25) is 0 Å². The molecule has 1 aromatic heterocycles. The highest BCUT2D eigenvalue weighted by atomic mass is 32.1. The van der Waals surface area contributed by atoms with Gasteiger partial charge < -0.3 is 4.90 Å². The summed E-state index contributed by atoms with van der Waals surface area (Å²) in [5, 5.41) is 7.58. The molecule has 350 valence electrons. The van der Waals surface area contributed by atoms with Gasteiger partial charge >= 0.3 is 0 Å². The third-order valence-corrected chi connectivity index (χ3v) is 17.3. The van der Waals surface area contributed by atoms with Crippen LogP contribution in [0.15, 0.2) is 224 Å². The second-order valence-corrected chi connectivity index (χ2v) is 23.6. The summed E-state index contributed by atoms with van der Waals surface area (Å²) in [5.74, 6) is 0. The van der Waals surface area contributed by atoms with Gasteiger partial charge in [-0.25, -0.2) is 0 Å². The topological polar surface area (TPSA) is 3.24 Å². The van der Waals surface area contributed by atoms with Gasteiger partial charge in [0.1, 0.15) is 0 Å². The van der Waals surface area contributed by atoms with Crippen molar-refractivity contribution in [2.45, 2.75) is 57.8 Å². The van der Waals surface area contributed by atoms with E-state index in [1.165, 1.54) is 125 Å². The Kier molecular flexibility index (Phi) is 9.57. The third-order valence-electron chi connectivity index (χ3n) is 16.2. The summed E-state index contributed by atoms with van der Waals surface area (Å²) in [6, 6.07) is 85.5. The lowest BCUT2D eigenvalue weighted by molar-refractivity contribution is 0.586. The third kappa shape index (κ3) is 6.73. The Hall–Kier alpha value is -8.04. The van der Waals surface area contributed by atoms with Crippen LogP contribution in [0.4, 0.5) is 17.1 Å². The van der Waals surface area contributed by atoms with E-state index in [4.69, 9.17) is 0 Å². The first kappa shape index (κ1) is 43.7. The van der Waals surface area contributed by atoms with Crippen molar-refractivity contribution >= 4 is 70.1 Å². The van der Waals surface area contributed by atoms with Crippen molar-refractivity contribution in [1.82, 2.24) is 0 Å². The fraction of sp³-hybridized carbons (Fsp3) is 0.127. The van der Waals surface area contributed by atoms with Crippen LogP contribution in [0.2, 0.25) is 0 Å². The molecule has 0 fully saturated rings. The molecule has 0 unspecified atom stereocenters. The summed E-state index contributed by atoms with van der Waals surface area (Å²) in [6.07, 6.45) is 0. The molecule has 0 aliphatic heterocycles. The molecule has 2 aliphatic carbocycles. The summed E-state index contributed by atoms with van der Waals surface area (Å²) in [7, 11) is 0. The zero-order valence-electron chi connectivity index (χ0n) is 42.2. The van der Waals surface area contributed by atoms with E-state index in [2.05, 4.69) is 271 Å². The maximum Gasteiger partial charge on any atom is 0.0726 e. The molecule has 14 rings (SSSR count). The molecular formula is C71H55NS. The van der Waals surface area contributed by atoms with E-state index in [1.54, 1.807) is 0 Å². The predicted octanol–water partition coefficient (Wildman–Crippen LogP) is 20.1. The van der Waals surface area contributed by atoms with Gasteiger partial charge in [-0.1, -0.05) is 205 Å². The number of hydrogen-bond acceptors (Lipinski definition) is 2. The van der Waals surface area contributed by atoms with Gasteiger partial charge in [-0.05, 0) is 165 Å². The number of fused-ring (bicyclic) bond motifs is 15. The van der Waals surface area contributed by atoms with Crippen LogP contribution in [0.1, 0.15) is 74.9 Å². The standard InChI is InChI=1S/C71H55NS/c1-69(2,3)52-30-35-56-57-36-31-53(70(4,5)6)42-64(57)71(63(56)41-52)61-18-11-9-17-59(61)68-62(71)19-13-20-65(68)72(55-34-37-67-60(43-55)58-16-10-12-21-66(58)73-67)54-32-28-45(29-33-54)47-24-25-50-40-51(27-26-49(50)39-47)48-23-22-44-14-7-8-15-46(44)38-48/h7-43H,1-6H3. The van der Waals surface area contributed by atoms with Crippen LogP contribution in [0.3, 0.4) is 0 Å². The highest BCUT2D eigenvalue weighted by molar-refractivity contribution is 7.25. The zero-order chi connectivity index (χ0) is 49.4. The molecule has 0 N–H and O–H groups in total. The minimum absolute atomic E-state index is 0.0212. The summed E-state index contributed by atoms with van der Waals surface area (Å²) >= 11 is 1.87. The fourth-order valence-electron chi connectivity index (χ4n) is 12.4. The zero-order valence-corrected chi connectivity index (χ0v) is 43.0. The van der Waals surface area contributed by atoms with Gasteiger partial charge in [-0.3, -0.25) is 0 Å². The van der Waals surface area contributed by atoms with Crippen LogP contribution >= 0.6 is 11.3 Å². The van der Waals surface area contributed by atoms with Crippen LogP contribution in [-0.4, -0.2) is 0 Å². The van der Waals surface area contributed by atoms with Crippen LogP contribution in [0.25, 0.3) is 86.2 Å². The first-order chi connectivity index (χ1) is 35.4. The average Bonchev–Trinajstić information content (AvgIpc) is 4.04. The molecule has 0 amide bonds. The molecule has 0 saturated heterocycles. The highest BCUT2D eigenvalue weighted by Crippen LogP contribution is 2.65. The molecule has 1 spiro atoms. The summed E-state index contributed by atoms with van der Waals surface area (Å²) in [6.45, 7) is 14.1. The Morgan fingerprint density at radius 3 is 1.53 bits per heavy atom. The van der Waals surface area contributed by atoms with Crippen molar-refractivity contribution < 1.29 is 0 Å². The van der Waals surface area contributed by atoms with Crippen molar-refractivity contribution in [3.05, 3.63) is 258 Å². The van der Waals surface area contributed by atoms with Crippen molar-refractivity contribution in [2.24, 2.45) is 0 Å². The Labute approximate surface area is 432 Å². The number of anilines is 3. The molecule has 2 heteroatoms. The van der Waals surface area contributed by atoms with Gasteiger partial charge in [0, 0.05) is 37.1 Å². The van der Waals surface area contributed by atoms with Crippen LogP contribution in [-0.2, 0) is 16.2 Å². The van der Waals surface area contributed by atoms with E-state index in [0.717, 1.165) is 11.4 Å². The molecule has 1 nitrogen and oxygen atoms in total. The summed E-state index contributed by atoms with van der Waals surface area (Å²) in [4.78, 5) is 2.53. The van der Waals surface area contributed by atoms with Crippen LogP contribution in [0.5, 0.6) is 0 Å². The second kappa shape index (κ2) is 16.0. The Morgan fingerprint density at radius 1 is 0.342 bits per heavy atom. The molecule has 0 saturated carbocycles. The van der Waals surface area contributed by atoms with Crippen LogP contribution in [0, 0.1) is 0 Å². The number of hydrogen-bond donors (Lipinski definition) is 0. The summed E-state index contributed by atoms with van der Waals surface area (Å²) in [5.41, 5.74) is 21.1. The van der Waals surface area contributed by atoms with Gasteiger partial charge in [-0.2, -0.15) is 0 Å². The Balaban J connectivity index is 0.949. The quantitative estimate of drug-likeness (QED) is 0.166. The smallest absolute Gasteiger partial charge is 0.0726 e. The molecule has 2 aliphatic rings. The van der Waals surface area contributed by atoms with Gasteiger partial charge in [0.05, 0.1) is 11.1 Å². The first-order valence-corrected chi connectivity index (χ1v) is 26.6. The first-order valence-electron chi connectivity index (χ1n) is 25.8. The molecule has 1 heterocycles. The van der Waals surface area contributed by atoms with Crippen molar-refractivity contribution in [2.75, 3.05) is 4.90 Å². The Bertz CT molecular complexity index is 4170. The van der Waals surface area contributed by atoms with E-state index in [9.17, 15) is 0 Å². The van der Waals surface area contributed by atoms with E-state index < -0.39 is 5.41 Å². The number of rotatable bonds is 5. The maximum atomic E-state index is 2.55. The molecule has 12 aromatic rings. The molecule has 73 heavy (non-hydrogen) atoms. The van der Waals surface area contributed by atoms with Gasteiger partial charge in [0.15, 0.2) is 0 Å². The molecule has 0 radical (unpaired) electrons. The second-order valence-electron chi connectivity index (χ2n) is 22.5. The largest absolute Gasteiger partial charge is 0.310 e. The van der Waals surface area contributed by atoms with E-state index in [1.807, 2.05) is 11.3 Å². The maximum absolute atomic E-state index is 2.55. The molecule has 0 bridgehead atoms. The minimum Gasteiger partial charge on any atom is -0.310 e. The van der Waals surface area contributed by atoms with E-state index >= 15 is 0 Å². The van der Waals surface area contributed by atoms with Crippen molar-refractivity contribution in [1.29, 1.82) is 0 Å². The highest BCUT2D eigenvalue weighted by Gasteiger charge is 2.53. The fourth-order valence-corrected chi connectivity index (χ4v) is 13.5. The normalized spacial score (nSPS) is 13.5. The van der Waals surface area contributed by atoms with Crippen molar-refractivity contribution in [3.63, 3.8) is 0 Å². The number of nitrogens with zero attached hydrogens (tertiary/aromatic N) is 1. The summed E-state index contributed by atoms with van der Waals surface area (Å²) < 4.78 is 2.61.